The number of allylic oxidation sites excluding steroid dienone is 2. The maximum atomic E-state index is 12.7. The number of nitrogens with one attached hydrogen (secondary N) is 2. The first-order chi connectivity index (χ1) is 18.6. The summed E-state index contributed by atoms with van der Waals surface area (Å²) in [6, 6.07) is 10.7. The number of benzene rings is 2. The molecule has 6 rings (SSSR count). The molecule has 1 saturated carbocycles. The van der Waals surface area contributed by atoms with Gasteiger partial charge in [-0.1, -0.05) is 12.2 Å². The molecule has 7 nitrogen and oxygen atoms in total. The van der Waals surface area contributed by atoms with Gasteiger partial charge in [0.25, 0.3) is 5.91 Å². The molecule has 0 bridgehead atoms. The summed E-state index contributed by atoms with van der Waals surface area (Å²) < 4.78 is 7.64. The van der Waals surface area contributed by atoms with Crippen molar-refractivity contribution in [2.24, 2.45) is 5.92 Å². The number of amides is 1. The number of carbonyl (C=O) groups is 1. The lowest BCUT2D eigenvalue weighted by atomic mass is 9.91. The molecule has 1 aromatic heterocycles. The number of ether oxygens (including phenoxy) is 1. The van der Waals surface area contributed by atoms with Gasteiger partial charge < -0.3 is 20.5 Å². The predicted octanol–water partition coefficient (Wildman–Crippen LogP) is 5.16. The third-order valence-electron chi connectivity index (χ3n) is 7.95. The van der Waals surface area contributed by atoms with Crippen LogP contribution in [0, 0.1) is 12.8 Å². The van der Waals surface area contributed by atoms with Crippen molar-refractivity contribution >= 4 is 28.2 Å². The number of hydrogen-bond acceptors (Lipinski definition) is 5. The van der Waals surface area contributed by atoms with Crippen molar-refractivity contribution in [2.45, 2.75) is 51.5 Å². The number of aromatic nitrogens is 2. The molecule has 2 aliphatic carbocycles. The van der Waals surface area contributed by atoms with Crippen molar-refractivity contribution in [2.75, 3.05) is 31.7 Å². The second-order valence-corrected chi connectivity index (χ2v) is 10.8. The first kappa shape index (κ1) is 24.9. The monoisotopic (exact) mass is 512 g/mol. The number of rotatable bonds is 8. The average Bonchev–Trinajstić information content (AvgIpc) is 3.66. The minimum absolute atomic E-state index is 0.00137. The predicted molar refractivity (Wildman–Crippen MR) is 151 cm³/mol. The number of aliphatic hydroxyl groups excluding tert-OH is 1. The Morgan fingerprint density at radius 3 is 2.68 bits per heavy atom. The number of aliphatic hydroxyl groups is 1. The highest BCUT2D eigenvalue weighted by Crippen LogP contribution is 2.35. The van der Waals surface area contributed by atoms with Gasteiger partial charge in [0, 0.05) is 37.1 Å². The van der Waals surface area contributed by atoms with E-state index in [-0.39, 0.29) is 12.5 Å². The Hall–Kier alpha value is -3.42. The van der Waals surface area contributed by atoms with Crippen LogP contribution in [-0.4, -0.2) is 53.0 Å². The molecule has 2 fully saturated rings. The summed E-state index contributed by atoms with van der Waals surface area (Å²) >= 11 is 0. The normalized spacial score (nSPS) is 18.3. The smallest absolute Gasteiger partial charge is 0.251 e. The van der Waals surface area contributed by atoms with Crippen molar-refractivity contribution < 1.29 is 14.6 Å². The second-order valence-electron chi connectivity index (χ2n) is 10.8. The molecule has 198 valence electrons. The highest BCUT2D eigenvalue weighted by molar-refractivity contribution is 5.97. The molecule has 0 radical (unpaired) electrons. The van der Waals surface area contributed by atoms with E-state index in [0.29, 0.717) is 12.0 Å². The van der Waals surface area contributed by atoms with Crippen LogP contribution in [0.4, 0.5) is 5.69 Å². The maximum absolute atomic E-state index is 12.7. The van der Waals surface area contributed by atoms with Gasteiger partial charge in [0.2, 0.25) is 0 Å². The van der Waals surface area contributed by atoms with Crippen LogP contribution in [0.2, 0.25) is 0 Å². The fraction of sp³-hybridized carbons (Fsp3) is 0.419. The number of anilines is 1. The zero-order valence-corrected chi connectivity index (χ0v) is 22.0. The van der Waals surface area contributed by atoms with E-state index in [1.54, 1.807) is 0 Å². The molecule has 3 aromatic rings. The second kappa shape index (κ2) is 10.8. The van der Waals surface area contributed by atoms with E-state index < -0.39 is 0 Å². The van der Waals surface area contributed by atoms with E-state index in [1.807, 2.05) is 25.4 Å². The maximum Gasteiger partial charge on any atom is 0.251 e. The summed E-state index contributed by atoms with van der Waals surface area (Å²) in [7, 11) is 0. The summed E-state index contributed by atoms with van der Waals surface area (Å²) in [5.74, 6) is 0.574. The van der Waals surface area contributed by atoms with Crippen molar-refractivity contribution in [3.05, 3.63) is 71.1 Å². The Labute approximate surface area is 223 Å². The fourth-order valence-corrected chi connectivity index (χ4v) is 5.54. The zero-order valence-electron chi connectivity index (χ0n) is 22.0. The molecule has 3 N–H and O–H groups in total. The molecular weight excluding hydrogens is 476 g/mol. The average molecular weight is 513 g/mol. The summed E-state index contributed by atoms with van der Waals surface area (Å²) in [6.45, 7) is 4.53. The van der Waals surface area contributed by atoms with Crippen molar-refractivity contribution in [3.8, 4) is 5.69 Å². The molecule has 1 aliphatic heterocycles. The Kier molecular flexibility index (Phi) is 7.04. The summed E-state index contributed by atoms with van der Waals surface area (Å²) in [5, 5.41) is 16.8. The molecule has 0 unspecified atom stereocenters. The van der Waals surface area contributed by atoms with Crippen LogP contribution in [0.15, 0.2) is 54.4 Å². The molecule has 7 heteroatoms. The summed E-state index contributed by atoms with van der Waals surface area (Å²) in [5.41, 5.74) is 8.68. The van der Waals surface area contributed by atoms with Gasteiger partial charge in [-0.15, -0.1) is 0 Å². The molecule has 1 amide bonds. The quantitative estimate of drug-likeness (QED) is 0.388. The number of aryl methyl sites for hydroxylation is 1. The molecule has 2 aromatic carbocycles. The van der Waals surface area contributed by atoms with E-state index in [0.717, 1.165) is 109 Å². The number of carbonyl (C=O) groups excluding carboxylic acids is 1. The van der Waals surface area contributed by atoms with Crippen LogP contribution in [0.25, 0.3) is 22.3 Å². The Bertz CT molecular complexity index is 1410. The molecule has 1 saturated heterocycles. The van der Waals surface area contributed by atoms with E-state index in [9.17, 15) is 9.90 Å². The van der Waals surface area contributed by atoms with Crippen molar-refractivity contribution in [1.82, 2.24) is 14.9 Å². The van der Waals surface area contributed by atoms with Gasteiger partial charge in [-0.05, 0) is 104 Å². The first-order valence-corrected chi connectivity index (χ1v) is 13.9. The highest BCUT2D eigenvalue weighted by Gasteiger charge is 2.25. The molecule has 0 spiro atoms. The molecule has 38 heavy (non-hydrogen) atoms. The van der Waals surface area contributed by atoms with E-state index in [4.69, 9.17) is 9.72 Å². The number of fused-ring (bicyclic) bond motifs is 1. The van der Waals surface area contributed by atoms with Crippen LogP contribution in [0.3, 0.4) is 0 Å². The number of nitrogens with zero attached hydrogens (tertiary/aromatic N) is 2. The molecular formula is C31H36N4O3. The third-order valence-corrected chi connectivity index (χ3v) is 7.95. The lowest BCUT2D eigenvalue weighted by Gasteiger charge is -2.23. The van der Waals surface area contributed by atoms with Gasteiger partial charge in [0.1, 0.15) is 11.8 Å². The topological polar surface area (TPSA) is 88.4 Å². The molecule has 3 aliphatic rings. The highest BCUT2D eigenvalue weighted by atomic mass is 16.5. The summed E-state index contributed by atoms with van der Waals surface area (Å²) in [4.78, 5) is 17.5. The summed E-state index contributed by atoms with van der Waals surface area (Å²) in [6.07, 6.45) is 12.4. The van der Waals surface area contributed by atoms with Gasteiger partial charge in [0.05, 0.1) is 17.8 Å². The van der Waals surface area contributed by atoms with Gasteiger partial charge in [0.15, 0.2) is 0 Å². The van der Waals surface area contributed by atoms with Gasteiger partial charge in [-0.25, -0.2) is 4.98 Å². The third kappa shape index (κ3) is 5.13. The standard InChI is InChI=1S/C31H36N4O3/c1-20-14-25(8-9-26(20)31(37)34-24-6-7-24)35-19-33-30-28(32-17-21-10-12-38-13-11-21)15-23(16-29(30)35)27-5-3-2-4-22(27)18-36/h4-5,8-9,14-16,19,21,24,32,36H,2-3,6-7,10-13,17-18H2,1H3,(H,34,37). The van der Waals surface area contributed by atoms with E-state index >= 15 is 0 Å². The van der Waals surface area contributed by atoms with Gasteiger partial charge in [-0.2, -0.15) is 0 Å². The van der Waals surface area contributed by atoms with Crippen LogP contribution in [0.5, 0.6) is 0 Å². The van der Waals surface area contributed by atoms with Gasteiger partial charge in [-0.3, -0.25) is 9.36 Å². The van der Waals surface area contributed by atoms with Gasteiger partial charge >= 0.3 is 0 Å². The van der Waals surface area contributed by atoms with E-state index in [2.05, 4.69) is 45.6 Å². The molecule has 2 heterocycles. The Balaban J connectivity index is 1.38. The zero-order chi connectivity index (χ0) is 26.1. The van der Waals surface area contributed by atoms with Crippen LogP contribution in [-0.2, 0) is 4.74 Å². The van der Waals surface area contributed by atoms with Crippen LogP contribution < -0.4 is 10.6 Å². The SMILES string of the molecule is Cc1cc(-n2cnc3c(NCC4CCOCC4)cc(C4=CCCC=C4CO)cc32)ccc1C(=O)NC1CC1. The fourth-order valence-electron chi connectivity index (χ4n) is 5.54. The van der Waals surface area contributed by atoms with Crippen LogP contribution in [0.1, 0.15) is 60.0 Å². The van der Waals surface area contributed by atoms with Crippen molar-refractivity contribution in [1.29, 1.82) is 0 Å². The Morgan fingerprint density at radius 1 is 1.11 bits per heavy atom. The first-order valence-electron chi connectivity index (χ1n) is 13.9. The molecule has 0 atom stereocenters. The largest absolute Gasteiger partial charge is 0.392 e. The lowest BCUT2D eigenvalue weighted by Crippen LogP contribution is -2.26. The number of hydrogen-bond donors (Lipinski definition) is 3. The van der Waals surface area contributed by atoms with Crippen LogP contribution >= 0.6 is 0 Å². The lowest BCUT2D eigenvalue weighted by molar-refractivity contribution is 0.0699. The Morgan fingerprint density at radius 2 is 1.92 bits per heavy atom. The minimum atomic E-state index is 0.00137. The number of imidazole rings is 1. The van der Waals surface area contributed by atoms with E-state index in [1.165, 1.54) is 0 Å². The van der Waals surface area contributed by atoms with Crippen molar-refractivity contribution in [3.63, 3.8) is 0 Å². The minimum Gasteiger partial charge on any atom is -0.392 e.